The minimum absolute atomic E-state index is 0.0501. The van der Waals surface area contributed by atoms with Crippen molar-refractivity contribution in [1.82, 2.24) is 4.90 Å². The molecule has 1 atom stereocenters. The van der Waals surface area contributed by atoms with Gasteiger partial charge < -0.3 is 0 Å². The minimum atomic E-state index is -5.52. The molecule has 1 unspecified atom stereocenters. The second kappa shape index (κ2) is 5.52. The molecule has 0 amide bonds. The maximum absolute atomic E-state index is 12.8. The molecule has 0 aromatic heterocycles. The van der Waals surface area contributed by atoms with Gasteiger partial charge in [-0.2, -0.15) is 0 Å². The molecule has 0 aliphatic carbocycles. The van der Waals surface area contributed by atoms with Gasteiger partial charge in [0.2, 0.25) is 0 Å². The molecule has 17 heavy (non-hydrogen) atoms. The SMILES string of the molecule is CCN(C)C(C)C([O][Sn])(C(F)(F)F)C(F)(F)F. The van der Waals surface area contributed by atoms with Crippen LogP contribution in [0, 0.1) is 0 Å². The Hall–Kier alpha value is 0.299. The first kappa shape index (κ1) is 17.3. The first-order valence-corrected chi connectivity index (χ1v) is 5.80. The van der Waals surface area contributed by atoms with Gasteiger partial charge >= 0.3 is 109 Å². The van der Waals surface area contributed by atoms with Gasteiger partial charge in [-0.1, -0.05) is 0 Å². The van der Waals surface area contributed by atoms with Gasteiger partial charge in [0.1, 0.15) is 0 Å². The molecule has 0 heterocycles. The van der Waals surface area contributed by atoms with E-state index in [1.807, 2.05) is 0 Å². The van der Waals surface area contributed by atoms with Crippen LogP contribution in [-0.4, -0.2) is 65.4 Å². The predicted octanol–water partition coefficient (Wildman–Crippen LogP) is 2.29. The Morgan fingerprint density at radius 2 is 1.47 bits per heavy atom. The van der Waals surface area contributed by atoms with Gasteiger partial charge in [-0.3, -0.25) is 0 Å². The van der Waals surface area contributed by atoms with E-state index in [-0.39, 0.29) is 29.5 Å². The van der Waals surface area contributed by atoms with Crippen LogP contribution >= 0.6 is 0 Å². The Kier molecular flexibility index (Phi) is 5.61. The standard InChI is InChI=1S/C8H12F6NO.Sn/c1-4-15(3)5(2)6(16,7(9,10)11)8(12,13)14;/h5H,4H2,1-3H3;/q-1;+1. The maximum atomic E-state index is 12.8. The third-order valence-electron chi connectivity index (χ3n) is 2.75. The Bertz CT molecular complexity index is 239. The number of alkyl halides is 6. The normalized spacial score (nSPS) is 16.4. The van der Waals surface area contributed by atoms with E-state index in [0.29, 0.717) is 0 Å². The number of hydrogen-bond acceptors (Lipinski definition) is 2. The van der Waals surface area contributed by atoms with Crippen molar-refractivity contribution in [2.45, 2.75) is 37.8 Å². The van der Waals surface area contributed by atoms with Crippen molar-refractivity contribution in [2.24, 2.45) is 0 Å². The molecular formula is C8H12F6NOSn. The van der Waals surface area contributed by atoms with Crippen LogP contribution in [0.5, 0.6) is 0 Å². The molecule has 0 aromatic carbocycles. The van der Waals surface area contributed by atoms with Crippen LogP contribution < -0.4 is 0 Å². The molecule has 0 saturated carbocycles. The summed E-state index contributed by atoms with van der Waals surface area (Å²) >= 11 is -0.282. The average molecular weight is 371 g/mol. The average Bonchev–Trinajstić information content (AvgIpc) is 2.13. The number of nitrogens with zero attached hydrogens (tertiary/aromatic N) is 1. The van der Waals surface area contributed by atoms with Crippen molar-refractivity contribution in [3.8, 4) is 0 Å². The molecule has 0 spiro atoms. The summed E-state index contributed by atoms with van der Waals surface area (Å²) in [6, 6.07) is -1.85. The van der Waals surface area contributed by atoms with Crippen molar-refractivity contribution in [1.29, 1.82) is 0 Å². The summed E-state index contributed by atoms with van der Waals surface area (Å²) in [5, 5.41) is 0. The summed E-state index contributed by atoms with van der Waals surface area (Å²) in [5.74, 6) is 0. The topological polar surface area (TPSA) is 12.5 Å². The monoisotopic (exact) mass is 372 g/mol. The molecule has 0 aliphatic rings. The third-order valence-corrected chi connectivity index (χ3v) is 3.67. The van der Waals surface area contributed by atoms with Crippen molar-refractivity contribution in [2.75, 3.05) is 13.6 Å². The van der Waals surface area contributed by atoms with Crippen LogP contribution in [0.3, 0.4) is 0 Å². The van der Waals surface area contributed by atoms with Crippen molar-refractivity contribution >= 4 is 22.9 Å². The molecular weight excluding hydrogens is 359 g/mol. The molecule has 0 aromatic rings. The van der Waals surface area contributed by atoms with E-state index in [1.54, 1.807) is 0 Å². The zero-order chi connectivity index (χ0) is 14.1. The van der Waals surface area contributed by atoms with E-state index in [1.165, 1.54) is 14.0 Å². The van der Waals surface area contributed by atoms with Crippen LogP contribution in [0.2, 0.25) is 0 Å². The van der Waals surface area contributed by atoms with E-state index < -0.39 is 24.0 Å². The van der Waals surface area contributed by atoms with Crippen LogP contribution in [0.1, 0.15) is 13.8 Å². The van der Waals surface area contributed by atoms with E-state index in [4.69, 9.17) is 0 Å². The summed E-state index contributed by atoms with van der Waals surface area (Å²) < 4.78 is 80.5. The zero-order valence-corrected chi connectivity index (χ0v) is 12.3. The van der Waals surface area contributed by atoms with Gasteiger partial charge in [-0.25, -0.2) is 0 Å². The summed E-state index contributed by atoms with van der Waals surface area (Å²) in [7, 11) is 1.19. The second-order valence-corrected chi connectivity index (χ2v) is 4.17. The first-order valence-electron chi connectivity index (χ1n) is 4.64. The molecule has 3 radical (unpaired) electrons. The van der Waals surface area contributed by atoms with Crippen LogP contribution in [0.15, 0.2) is 0 Å². The summed E-state index contributed by atoms with van der Waals surface area (Å²) in [6.07, 6.45) is -11.0. The molecule has 0 fully saturated rings. The van der Waals surface area contributed by atoms with Crippen molar-refractivity contribution in [3.05, 3.63) is 0 Å². The summed E-state index contributed by atoms with van der Waals surface area (Å²) in [4.78, 5) is 0.949. The molecule has 0 saturated heterocycles. The van der Waals surface area contributed by atoms with E-state index >= 15 is 0 Å². The number of halogens is 6. The molecule has 9 heteroatoms. The Morgan fingerprint density at radius 3 is 1.65 bits per heavy atom. The summed E-state index contributed by atoms with van der Waals surface area (Å²) in [5.41, 5.74) is -4.14. The van der Waals surface area contributed by atoms with Gasteiger partial charge in [0, 0.05) is 0 Å². The van der Waals surface area contributed by atoms with Gasteiger partial charge in [-0.05, 0) is 0 Å². The molecule has 0 rings (SSSR count). The van der Waals surface area contributed by atoms with Gasteiger partial charge in [0.25, 0.3) is 0 Å². The zero-order valence-electron chi connectivity index (χ0n) is 9.41. The van der Waals surface area contributed by atoms with Crippen LogP contribution in [0.25, 0.3) is 0 Å². The van der Waals surface area contributed by atoms with Gasteiger partial charge in [0.05, 0.1) is 0 Å². The Balaban J connectivity index is 5.69. The molecule has 0 bridgehead atoms. The Morgan fingerprint density at radius 1 is 1.12 bits per heavy atom. The van der Waals surface area contributed by atoms with Crippen molar-refractivity contribution < 1.29 is 29.4 Å². The second-order valence-electron chi connectivity index (χ2n) is 3.58. The fourth-order valence-electron chi connectivity index (χ4n) is 1.42. The van der Waals surface area contributed by atoms with E-state index in [0.717, 1.165) is 11.8 Å². The molecule has 101 valence electrons. The quantitative estimate of drug-likeness (QED) is 0.556. The van der Waals surface area contributed by atoms with Gasteiger partial charge in [0.15, 0.2) is 0 Å². The Labute approximate surface area is 109 Å². The number of rotatable bonds is 4. The van der Waals surface area contributed by atoms with Crippen molar-refractivity contribution in [3.63, 3.8) is 0 Å². The molecule has 2 nitrogen and oxygen atoms in total. The van der Waals surface area contributed by atoms with Crippen LogP contribution in [-0.2, 0) is 3.07 Å². The number of hydrogen-bond donors (Lipinski definition) is 0. The molecule has 0 aliphatic heterocycles. The third kappa shape index (κ3) is 3.01. The molecule has 0 N–H and O–H groups in total. The van der Waals surface area contributed by atoms with E-state index in [9.17, 15) is 26.3 Å². The summed E-state index contributed by atoms with van der Waals surface area (Å²) in [6.45, 7) is 2.38. The first-order chi connectivity index (χ1) is 7.45. The van der Waals surface area contributed by atoms with Crippen LogP contribution in [0.4, 0.5) is 26.3 Å². The fourth-order valence-corrected chi connectivity index (χ4v) is 2.57. The number of likely N-dealkylation sites (N-methyl/N-ethyl adjacent to an activating group) is 1. The fraction of sp³-hybridized carbons (Fsp3) is 1.00. The van der Waals surface area contributed by atoms with E-state index in [2.05, 4.69) is 3.07 Å². The predicted molar refractivity (Wildman–Crippen MR) is 49.4 cm³/mol. The van der Waals surface area contributed by atoms with Gasteiger partial charge in [-0.15, -0.1) is 0 Å².